The third-order valence-corrected chi connectivity index (χ3v) is 0. The Morgan fingerprint density at radius 3 is 0.750 bits per heavy atom. The van der Waals surface area contributed by atoms with Crippen molar-refractivity contribution in [1.29, 1.82) is 0 Å². The van der Waals surface area contributed by atoms with Gasteiger partial charge in [0.15, 0.2) is 0 Å². The van der Waals surface area contributed by atoms with Gasteiger partial charge in [-0.15, -0.1) is 0 Å². The van der Waals surface area contributed by atoms with Crippen LogP contribution in [0.1, 0.15) is 0 Å². The van der Waals surface area contributed by atoms with E-state index < -0.39 is 7.25 Å². The summed E-state index contributed by atoms with van der Waals surface area (Å²) in [5.41, 5.74) is 0. The van der Waals surface area contributed by atoms with Crippen LogP contribution in [0.5, 0.6) is 0 Å². The molecule has 0 nitrogen and oxygen atoms in total. The molecule has 0 aliphatic heterocycles. The van der Waals surface area contributed by atoms with Crippen molar-refractivity contribution in [3.05, 3.63) is 0 Å². The van der Waals surface area contributed by atoms with E-state index in [-0.39, 0.29) is 42.4 Å². The summed E-state index contributed by atoms with van der Waals surface area (Å²) in [6, 6.07) is 0. The molecule has 0 aromatic heterocycles. The fourth-order valence-electron chi connectivity index (χ4n) is 0. The maximum Gasteiger partial charge on any atom is 1.00 e. The summed E-state index contributed by atoms with van der Waals surface area (Å²) in [6.45, 7) is 0. The SMILES string of the molecule is F[B-](F)(F)F.[F-].[Li+].[Li+]. The van der Waals surface area contributed by atoms with E-state index in [1.165, 1.54) is 0 Å². The molecule has 0 rings (SSSR count). The zero-order valence-electron chi connectivity index (χ0n) is 4.47. The van der Waals surface area contributed by atoms with E-state index in [9.17, 15) is 17.3 Å². The minimum Gasteiger partial charge on any atom is -1.00 e. The molecule has 0 radical (unpaired) electrons. The van der Waals surface area contributed by atoms with Crippen molar-refractivity contribution in [2.24, 2.45) is 0 Å². The fraction of sp³-hybridized carbons (Fsp3) is 0. The van der Waals surface area contributed by atoms with Crippen molar-refractivity contribution in [3.63, 3.8) is 0 Å². The molecule has 0 N–H and O–H groups in total. The van der Waals surface area contributed by atoms with Gasteiger partial charge in [0.05, 0.1) is 0 Å². The van der Waals surface area contributed by atoms with Crippen LogP contribution in [0.4, 0.5) is 17.3 Å². The Balaban J connectivity index is -0.0000000267. The molecule has 0 saturated carbocycles. The van der Waals surface area contributed by atoms with Crippen LogP contribution in [0, 0.1) is 0 Å². The van der Waals surface area contributed by atoms with Crippen molar-refractivity contribution in [2.75, 3.05) is 0 Å². The summed E-state index contributed by atoms with van der Waals surface area (Å²) in [6.07, 6.45) is 0. The number of hydrogen-bond donors (Lipinski definition) is 0. The van der Waals surface area contributed by atoms with Crippen LogP contribution in [0.3, 0.4) is 0 Å². The second-order valence-electron chi connectivity index (χ2n) is 0.495. The van der Waals surface area contributed by atoms with Gasteiger partial charge in [-0.25, -0.2) is 0 Å². The molecule has 0 aromatic carbocycles. The van der Waals surface area contributed by atoms with Gasteiger partial charge in [-0.1, -0.05) is 0 Å². The van der Waals surface area contributed by atoms with Gasteiger partial charge in [-0.05, 0) is 0 Å². The summed E-state index contributed by atoms with van der Waals surface area (Å²) in [7, 11) is -6.00. The summed E-state index contributed by atoms with van der Waals surface area (Å²) in [5.74, 6) is 0. The third kappa shape index (κ3) is 292. The molecular formula is BF5Li2. The fourth-order valence-corrected chi connectivity index (χ4v) is 0. The molecular weight excluding hydrogens is 120 g/mol. The molecule has 0 saturated heterocycles. The van der Waals surface area contributed by atoms with Crippen LogP contribution in [0.25, 0.3) is 0 Å². The quantitative estimate of drug-likeness (QED) is 0.220. The van der Waals surface area contributed by atoms with Crippen molar-refractivity contribution in [2.45, 2.75) is 0 Å². The summed E-state index contributed by atoms with van der Waals surface area (Å²) >= 11 is 0. The largest absolute Gasteiger partial charge is 1.00 e. The Labute approximate surface area is 67.2 Å². The van der Waals surface area contributed by atoms with Crippen molar-refractivity contribution in [3.8, 4) is 0 Å². The van der Waals surface area contributed by atoms with Crippen LogP contribution in [0.15, 0.2) is 0 Å². The molecule has 40 valence electrons. The van der Waals surface area contributed by atoms with E-state index in [2.05, 4.69) is 0 Å². The molecule has 0 amide bonds. The number of rotatable bonds is 0. The normalized spacial score (nSPS) is 7.50. The second kappa shape index (κ2) is 7.91. The van der Waals surface area contributed by atoms with E-state index in [4.69, 9.17) is 0 Å². The van der Waals surface area contributed by atoms with Gasteiger partial charge in [-0.3, -0.25) is 0 Å². The first-order valence-corrected chi connectivity index (χ1v) is 0.873. The topological polar surface area (TPSA) is 0 Å². The third-order valence-electron chi connectivity index (χ3n) is 0. The van der Waals surface area contributed by atoms with E-state index >= 15 is 0 Å². The van der Waals surface area contributed by atoms with Crippen LogP contribution in [-0.2, 0) is 0 Å². The van der Waals surface area contributed by atoms with E-state index in [0.29, 0.717) is 0 Å². The Morgan fingerprint density at radius 1 is 0.750 bits per heavy atom. The summed E-state index contributed by atoms with van der Waals surface area (Å²) in [4.78, 5) is 0. The maximum atomic E-state index is 9.75. The van der Waals surface area contributed by atoms with E-state index in [0.717, 1.165) is 0 Å². The van der Waals surface area contributed by atoms with Gasteiger partial charge in [0.1, 0.15) is 0 Å². The molecule has 0 atom stereocenters. The molecule has 0 fully saturated rings. The molecule has 0 aliphatic rings. The van der Waals surface area contributed by atoms with Gasteiger partial charge in [0.25, 0.3) is 0 Å². The minimum atomic E-state index is -6.00. The molecule has 0 spiro atoms. The average molecular weight is 120 g/mol. The summed E-state index contributed by atoms with van der Waals surface area (Å²) < 4.78 is 39.0. The predicted octanol–water partition coefficient (Wildman–Crippen LogP) is -7.69. The Bertz CT molecular complexity index is 25.9. The summed E-state index contributed by atoms with van der Waals surface area (Å²) in [5, 5.41) is 0. The molecule has 0 heterocycles. The van der Waals surface area contributed by atoms with Crippen LogP contribution in [-0.4, -0.2) is 7.25 Å². The number of hydrogen-bond acceptors (Lipinski definition) is 0. The Hall–Kier alpha value is 0.910. The van der Waals surface area contributed by atoms with Gasteiger partial charge in [0.2, 0.25) is 0 Å². The molecule has 0 unspecified atom stereocenters. The van der Waals surface area contributed by atoms with Crippen molar-refractivity contribution < 1.29 is 59.7 Å². The Morgan fingerprint density at radius 2 is 0.750 bits per heavy atom. The molecule has 0 aliphatic carbocycles. The minimum absolute atomic E-state index is 0. The van der Waals surface area contributed by atoms with Gasteiger partial charge < -0.3 is 22.0 Å². The van der Waals surface area contributed by atoms with Crippen LogP contribution < -0.4 is 42.4 Å². The molecule has 0 aromatic rings. The van der Waals surface area contributed by atoms with Gasteiger partial charge >= 0.3 is 45.0 Å². The molecule has 8 heteroatoms. The van der Waals surface area contributed by atoms with Crippen molar-refractivity contribution >= 4 is 7.25 Å². The van der Waals surface area contributed by atoms with Crippen LogP contribution >= 0.6 is 0 Å². The first-order chi connectivity index (χ1) is 2.00. The maximum absolute atomic E-state index is 9.75. The molecule has 8 heavy (non-hydrogen) atoms. The number of halogens is 5. The van der Waals surface area contributed by atoms with E-state index in [1.807, 2.05) is 0 Å². The van der Waals surface area contributed by atoms with Gasteiger partial charge in [0, 0.05) is 0 Å². The molecule has 0 bridgehead atoms. The van der Waals surface area contributed by atoms with E-state index in [1.54, 1.807) is 0 Å². The van der Waals surface area contributed by atoms with Crippen LogP contribution in [0.2, 0.25) is 0 Å². The van der Waals surface area contributed by atoms with Gasteiger partial charge in [-0.2, -0.15) is 0 Å². The predicted molar refractivity (Wildman–Crippen MR) is 10.2 cm³/mol. The zero-order chi connectivity index (χ0) is 4.50. The Kier molecular flexibility index (Phi) is 22.9. The first kappa shape index (κ1) is 23.1. The second-order valence-corrected chi connectivity index (χ2v) is 0.495. The standard InChI is InChI=1S/BF4.FH.2Li/c2-1(3,4)5;;;/h;1H;;/q-1;;2*+1/p-1. The first-order valence-electron chi connectivity index (χ1n) is 0.873. The smallest absolute Gasteiger partial charge is 1.00 e. The average Bonchev–Trinajstić information content (AvgIpc) is 0.722. The zero-order valence-corrected chi connectivity index (χ0v) is 4.47. The monoisotopic (exact) mass is 120 g/mol. The van der Waals surface area contributed by atoms with Crippen molar-refractivity contribution in [1.82, 2.24) is 0 Å².